The summed E-state index contributed by atoms with van der Waals surface area (Å²) in [5, 5.41) is 8.42. The fourth-order valence-electron chi connectivity index (χ4n) is 0.961. The summed E-state index contributed by atoms with van der Waals surface area (Å²) in [5.74, 6) is -1.38. The number of alkyl halides is 1. The van der Waals surface area contributed by atoms with Crippen LogP contribution in [0, 0.1) is 0 Å². The second kappa shape index (κ2) is 4.58. The maximum absolute atomic E-state index is 13.7. The fraction of sp³-hybridized carbons (Fsp3) is 0.625. The van der Waals surface area contributed by atoms with Crippen molar-refractivity contribution in [3.8, 4) is 0 Å². The fourth-order valence-corrected chi connectivity index (χ4v) is 1.06. The lowest BCUT2D eigenvalue weighted by Gasteiger charge is -2.25. The number of halogens is 2. The highest BCUT2D eigenvalue weighted by molar-refractivity contribution is 6.30. The molecule has 13 heavy (non-hydrogen) atoms. The van der Waals surface area contributed by atoms with Crippen LogP contribution in [0.25, 0.3) is 0 Å². The van der Waals surface area contributed by atoms with E-state index in [1.165, 1.54) is 13.0 Å². The van der Waals surface area contributed by atoms with Gasteiger partial charge in [0.25, 0.3) is 0 Å². The van der Waals surface area contributed by atoms with Crippen LogP contribution < -0.4 is 0 Å². The average Bonchev–Trinajstić information content (AvgIpc) is 2.02. The van der Waals surface area contributed by atoms with Crippen LogP contribution in [-0.4, -0.2) is 30.0 Å². The van der Waals surface area contributed by atoms with E-state index in [4.69, 9.17) is 16.7 Å². The summed E-state index contributed by atoms with van der Waals surface area (Å²) in [6, 6.07) is 0. The Morgan fingerprint density at radius 3 is 2.46 bits per heavy atom. The molecule has 0 aliphatic rings. The van der Waals surface area contributed by atoms with E-state index in [1.54, 1.807) is 0 Å². The Bertz CT molecular complexity index is 225. The van der Waals surface area contributed by atoms with Crippen LogP contribution >= 0.6 is 11.6 Å². The smallest absolute Gasteiger partial charge is 0.336 e. The second-order valence-electron chi connectivity index (χ2n) is 2.67. The van der Waals surface area contributed by atoms with Gasteiger partial charge in [-0.15, -0.1) is 0 Å². The second-order valence-corrected chi connectivity index (χ2v) is 3.07. The monoisotopic (exact) mass is 210 g/mol. The maximum Gasteiger partial charge on any atom is 0.336 e. The first-order chi connectivity index (χ1) is 5.87. The number of ether oxygens (including phenoxy) is 1. The number of rotatable bonds is 4. The molecular weight excluding hydrogens is 199 g/mol. The highest BCUT2D eigenvalue weighted by atomic mass is 35.5. The quantitative estimate of drug-likeness (QED) is 0.772. The molecule has 0 aliphatic heterocycles. The van der Waals surface area contributed by atoms with Gasteiger partial charge < -0.3 is 9.84 Å². The topological polar surface area (TPSA) is 46.5 Å². The molecule has 0 rings (SSSR count). The van der Waals surface area contributed by atoms with E-state index in [2.05, 4.69) is 4.74 Å². The number of allylic oxidation sites excluding steroid dienone is 1. The molecule has 2 unspecified atom stereocenters. The molecule has 5 heteroatoms. The molecule has 0 aromatic rings. The van der Waals surface area contributed by atoms with Crippen LogP contribution in [0.5, 0.6) is 0 Å². The molecule has 0 aromatic heterocycles. The van der Waals surface area contributed by atoms with Crippen molar-refractivity contribution in [1.29, 1.82) is 0 Å². The first-order valence-corrected chi connectivity index (χ1v) is 4.02. The third-order valence-electron chi connectivity index (χ3n) is 1.67. The van der Waals surface area contributed by atoms with Crippen molar-refractivity contribution in [3.05, 3.63) is 11.1 Å². The predicted molar refractivity (Wildman–Crippen MR) is 47.6 cm³/mol. The molecule has 76 valence electrons. The molecular formula is C8H12ClFO3. The van der Waals surface area contributed by atoms with Crippen molar-refractivity contribution in [3.63, 3.8) is 0 Å². The largest absolute Gasteiger partial charge is 0.479 e. The highest BCUT2D eigenvalue weighted by Gasteiger charge is 2.42. The third-order valence-corrected chi connectivity index (χ3v) is 2.26. The van der Waals surface area contributed by atoms with Crippen molar-refractivity contribution in [1.82, 2.24) is 0 Å². The normalized spacial score (nSPS) is 19.3. The van der Waals surface area contributed by atoms with Gasteiger partial charge in [-0.1, -0.05) is 17.7 Å². The lowest BCUT2D eigenvalue weighted by molar-refractivity contribution is -0.155. The number of hydrogen-bond donors (Lipinski definition) is 1. The maximum atomic E-state index is 13.7. The van der Waals surface area contributed by atoms with Crippen molar-refractivity contribution in [2.45, 2.75) is 25.6 Å². The minimum atomic E-state index is -2.20. The highest BCUT2D eigenvalue weighted by Crippen LogP contribution is 2.30. The van der Waals surface area contributed by atoms with Gasteiger partial charge in [0.1, 0.15) is 0 Å². The Kier molecular flexibility index (Phi) is 4.36. The molecule has 2 atom stereocenters. The molecule has 0 amide bonds. The number of carbonyl (C=O) groups is 1. The zero-order valence-corrected chi connectivity index (χ0v) is 8.43. The van der Waals surface area contributed by atoms with Crippen LogP contribution in [0.2, 0.25) is 0 Å². The summed E-state index contributed by atoms with van der Waals surface area (Å²) in [6.45, 7) is 2.59. The molecule has 0 spiro atoms. The standard InChI is InChI=1S/C8H12ClFO3/c1-4-5(9)8(2,10)6(13-3)7(11)12/h4,6H,1-3H3,(H,11,12). The van der Waals surface area contributed by atoms with Gasteiger partial charge in [0, 0.05) is 7.11 Å². The van der Waals surface area contributed by atoms with Crippen molar-refractivity contribution >= 4 is 17.6 Å². The number of methoxy groups -OCH3 is 1. The average molecular weight is 211 g/mol. The van der Waals surface area contributed by atoms with Gasteiger partial charge in [-0.25, -0.2) is 9.18 Å². The summed E-state index contributed by atoms with van der Waals surface area (Å²) >= 11 is 5.52. The van der Waals surface area contributed by atoms with E-state index >= 15 is 0 Å². The Balaban J connectivity index is 4.88. The molecule has 0 radical (unpaired) electrons. The van der Waals surface area contributed by atoms with Gasteiger partial charge in [0.2, 0.25) is 0 Å². The molecule has 0 saturated heterocycles. The van der Waals surface area contributed by atoms with Gasteiger partial charge >= 0.3 is 5.97 Å². The minimum Gasteiger partial charge on any atom is -0.479 e. The summed E-state index contributed by atoms with van der Waals surface area (Å²) in [5.41, 5.74) is -2.20. The van der Waals surface area contributed by atoms with Gasteiger partial charge in [0.05, 0.1) is 5.03 Å². The molecule has 0 heterocycles. The Labute approximate surface area is 81.1 Å². The van der Waals surface area contributed by atoms with E-state index in [0.29, 0.717) is 0 Å². The Morgan fingerprint density at radius 2 is 2.23 bits per heavy atom. The zero-order chi connectivity index (χ0) is 10.6. The summed E-state index contributed by atoms with van der Waals surface area (Å²) in [4.78, 5) is 10.5. The lowest BCUT2D eigenvalue weighted by Crippen LogP contribution is -2.42. The number of hydrogen-bond acceptors (Lipinski definition) is 2. The zero-order valence-electron chi connectivity index (χ0n) is 7.67. The van der Waals surface area contributed by atoms with E-state index in [1.807, 2.05) is 0 Å². The van der Waals surface area contributed by atoms with Gasteiger partial charge in [-0.2, -0.15) is 0 Å². The number of carboxylic acids is 1. The molecule has 0 aromatic carbocycles. The van der Waals surface area contributed by atoms with Crippen LogP contribution in [0.4, 0.5) is 4.39 Å². The van der Waals surface area contributed by atoms with E-state index < -0.39 is 17.7 Å². The summed E-state index contributed by atoms with van der Waals surface area (Å²) in [7, 11) is 1.12. The van der Waals surface area contributed by atoms with Crippen LogP contribution in [0.1, 0.15) is 13.8 Å². The molecule has 0 fully saturated rings. The first-order valence-electron chi connectivity index (χ1n) is 3.64. The van der Waals surface area contributed by atoms with Gasteiger partial charge in [-0.05, 0) is 13.8 Å². The molecule has 0 aliphatic carbocycles. The minimum absolute atomic E-state index is 0.179. The Morgan fingerprint density at radius 1 is 1.77 bits per heavy atom. The van der Waals surface area contributed by atoms with E-state index in [-0.39, 0.29) is 5.03 Å². The van der Waals surface area contributed by atoms with Crippen molar-refractivity contribution in [2.75, 3.05) is 7.11 Å². The van der Waals surface area contributed by atoms with Gasteiger partial charge in [-0.3, -0.25) is 0 Å². The molecule has 3 nitrogen and oxygen atoms in total. The van der Waals surface area contributed by atoms with Crippen LogP contribution in [0.15, 0.2) is 11.1 Å². The summed E-state index contributed by atoms with van der Waals surface area (Å²) < 4.78 is 18.2. The van der Waals surface area contributed by atoms with E-state index in [9.17, 15) is 9.18 Å². The SMILES string of the molecule is CC=C(Cl)C(C)(F)C(OC)C(=O)O. The Hall–Kier alpha value is -0.610. The molecule has 0 bridgehead atoms. The lowest BCUT2D eigenvalue weighted by atomic mass is 10.0. The first kappa shape index (κ1) is 12.4. The van der Waals surface area contributed by atoms with Crippen molar-refractivity contribution < 1.29 is 19.0 Å². The van der Waals surface area contributed by atoms with E-state index in [0.717, 1.165) is 14.0 Å². The number of aliphatic carboxylic acids is 1. The van der Waals surface area contributed by atoms with Crippen LogP contribution in [0.3, 0.4) is 0 Å². The molecule has 1 N–H and O–H groups in total. The molecule has 0 saturated carbocycles. The van der Waals surface area contributed by atoms with Gasteiger partial charge in [0.15, 0.2) is 11.8 Å². The van der Waals surface area contributed by atoms with Crippen LogP contribution in [-0.2, 0) is 9.53 Å². The number of carboxylic acid groups (broad SMARTS) is 1. The third kappa shape index (κ3) is 2.67. The summed E-state index contributed by atoms with van der Waals surface area (Å²) in [6.07, 6.45) is -0.285. The van der Waals surface area contributed by atoms with Crippen molar-refractivity contribution in [2.24, 2.45) is 0 Å². The predicted octanol–water partition coefficient (Wildman–Crippen LogP) is 1.96.